The predicted molar refractivity (Wildman–Crippen MR) is 141 cm³/mol. The highest BCUT2D eigenvalue weighted by Crippen LogP contribution is 2.41. The molecular weight excluding hydrogens is 460 g/mol. The summed E-state index contributed by atoms with van der Waals surface area (Å²) in [6.45, 7) is 6.50. The Bertz CT molecular complexity index is 1240. The maximum atomic E-state index is 14.5. The van der Waals surface area contributed by atoms with Gasteiger partial charge in [0.1, 0.15) is 17.3 Å². The first-order valence-electron chi connectivity index (χ1n) is 12.0. The molecule has 0 amide bonds. The average molecular weight is 494 g/mol. The van der Waals surface area contributed by atoms with Crippen LogP contribution in [0, 0.1) is 17.7 Å². The summed E-state index contributed by atoms with van der Waals surface area (Å²) in [4.78, 5) is 13.8. The van der Waals surface area contributed by atoms with Crippen LogP contribution in [0.1, 0.15) is 63.0 Å². The Morgan fingerprint density at radius 1 is 1.29 bits per heavy atom. The Balaban J connectivity index is 1.73. The molecule has 1 aromatic carbocycles. The number of halogens is 1. The van der Waals surface area contributed by atoms with E-state index in [-0.39, 0.29) is 11.7 Å². The fourth-order valence-electron chi connectivity index (χ4n) is 4.59. The number of H-pyrrole nitrogens is 1. The molecule has 0 bridgehead atoms. The molecule has 184 valence electrons. The number of aromatic nitrogens is 5. The highest BCUT2D eigenvalue weighted by molar-refractivity contribution is 7.27. The van der Waals surface area contributed by atoms with Gasteiger partial charge in [-0.3, -0.25) is 10.1 Å². The van der Waals surface area contributed by atoms with Crippen LogP contribution in [-0.2, 0) is 6.42 Å². The Morgan fingerprint density at radius 2 is 2.09 bits per heavy atom. The molecule has 2 aromatic heterocycles. The Labute approximate surface area is 208 Å². The van der Waals surface area contributed by atoms with E-state index in [0.717, 1.165) is 42.8 Å². The van der Waals surface area contributed by atoms with Crippen LogP contribution in [0.5, 0.6) is 0 Å². The Kier molecular flexibility index (Phi) is 7.60. The van der Waals surface area contributed by atoms with Crippen molar-refractivity contribution in [1.29, 1.82) is 0 Å². The molecule has 0 saturated heterocycles. The number of allylic oxidation sites excluding steroid dienone is 3. The van der Waals surface area contributed by atoms with Gasteiger partial charge >= 0.3 is 0 Å². The zero-order valence-electron chi connectivity index (χ0n) is 20.4. The van der Waals surface area contributed by atoms with Gasteiger partial charge in [0, 0.05) is 35.5 Å². The van der Waals surface area contributed by atoms with Crippen LogP contribution >= 0.6 is 9.24 Å². The van der Waals surface area contributed by atoms with Crippen LogP contribution in [-0.4, -0.2) is 25.1 Å². The number of hydrogen-bond acceptors (Lipinski definition) is 6. The van der Waals surface area contributed by atoms with Gasteiger partial charge in [0.05, 0.1) is 11.9 Å². The van der Waals surface area contributed by atoms with Crippen molar-refractivity contribution in [3.63, 3.8) is 0 Å². The lowest BCUT2D eigenvalue weighted by molar-refractivity contribution is 0.323. The molecule has 2 heterocycles. The van der Waals surface area contributed by atoms with Crippen molar-refractivity contribution in [3.05, 3.63) is 70.8 Å². The minimum atomic E-state index is -0.356. The maximum Gasteiger partial charge on any atom is 0.201 e. The first-order valence-corrected chi connectivity index (χ1v) is 12.6. The molecule has 35 heavy (non-hydrogen) atoms. The molecule has 4 rings (SSSR count). The number of hydrogen-bond donors (Lipinski definition) is 3. The van der Waals surface area contributed by atoms with E-state index >= 15 is 0 Å². The summed E-state index contributed by atoms with van der Waals surface area (Å²) in [5, 5.41) is 7.99. The highest BCUT2D eigenvalue weighted by atomic mass is 31.0. The van der Waals surface area contributed by atoms with Gasteiger partial charge in [-0.1, -0.05) is 32.9 Å². The Morgan fingerprint density at radius 3 is 2.80 bits per heavy atom. The smallest absolute Gasteiger partial charge is 0.201 e. The van der Waals surface area contributed by atoms with Gasteiger partial charge in [-0.2, -0.15) is 5.10 Å². The van der Waals surface area contributed by atoms with E-state index in [9.17, 15) is 4.39 Å². The molecule has 5 N–H and O–H groups in total. The summed E-state index contributed by atoms with van der Waals surface area (Å²) in [7, 11) is 2.55. The molecule has 1 aliphatic carbocycles. The molecular formula is C26H33FN7P. The standard InChI is InChI=1S/C26H33FN7P/c1-4-6-23-32-26(34-33-23)21-13-30-12-20(31-21)17-10-15(14(2)3)9-16(25(17)29)11-19(28)24-18(27)7-5-8-22(24)35/h5,7-8,11-15,17H,4,6,9-10,28-29,35H2,1-3H3,(H,32,33,34)/b19-11-. The number of nitrogens with one attached hydrogen (secondary N) is 1. The summed E-state index contributed by atoms with van der Waals surface area (Å²) < 4.78 is 14.5. The van der Waals surface area contributed by atoms with Crippen LogP contribution < -0.4 is 16.8 Å². The third kappa shape index (κ3) is 5.43. The summed E-state index contributed by atoms with van der Waals surface area (Å²) in [5.41, 5.74) is 16.9. The molecule has 0 aliphatic heterocycles. The van der Waals surface area contributed by atoms with Crippen LogP contribution in [0.4, 0.5) is 4.39 Å². The zero-order valence-corrected chi connectivity index (χ0v) is 21.6. The molecule has 9 heteroatoms. The van der Waals surface area contributed by atoms with Gasteiger partial charge < -0.3 is 11.5 Å². The zero-order chi connectivity index (χ0) is 25.1. The lowest BCUT2D eigenvalue weighted by atomic mass is 9.74. The van der Waals surface area contributed by atoms with Crippen LogP contribution in [0.15, 0.2) is 47.9 Å². The van der Waals surface area contributed by atoms with Gasteiger partial charge in [0.25, 0.3) is 0 Å². The minimum Gasteiger partial charge on any atom is -0.401 e. The van der Waals surface area contributed by atoms with Gasteiger partial charge in [0.2, 0.25) is 5.82 Å². The normalized spacial score (nSPS) is 19.0. The van der Waals surface area contributed by atoms with Crippen molar-refractivity contribution < 1.29 is 4.39 Å². The summed E-state index contributed by atoms with van der Waals surface area (Å²) in [6.07, 6.45) is 8.68. The van der Waals surface area contributed by atoms with E-state index in [4.69, 9.17) is 16.5 Å². The molecule has 0 fully saturated rings. The molecule has 3 unspecified atom stereocenters. The number of aromatic amines is 1. The Hall–Kier alpha value is -3.12. The number of nitrogens with zero attached hydrogens (tertiary/aromatic N) is 4. The number of benzene rings is 1. The second-order valence-electron chi connectivity index (χ2n) is 9.47. The topological polar surface area (TPSA) is 119 Å². The third-order valence-electron chi connectivity index (χ3n) is 6.63. The minimum absolute atomic E-state index is 0.132. The molecule has 0 spiro atoms. The monoisotopic (exact) mass is 493 g/mol. The molecule has 3 aromatic rings. The SMILES string of the molecule is CCCc1nc(-c2cncc(C3CC(C(C)C)CC(/C=C(\N)c4c(F)cccc4P)=C3N)n2)n[nH]1. The fraction of sp³-hybridized carbons (Fsp3) is 0.385. The summed E-state index contributed by atoms with van der Waals surface area (Å²) >= 11 is 0. The average Bonchev–Trinajstić information content (AvgIpc) is 3.29. The van der Waals surface area contributed by atoms with E-state index in [0.29, 0.717) is 45.6 Å². The first kappa shape index (κ1) is 25.0. The lowest BCUT2D eigenvalue weighted by Crippen LogP contribution is -2.26. The van der Waals surface area contributed by atoms with Crippen molar-refractivity contribution in [1.82, 2.24) is 25.1 Å². The summed E-state index contributed by atoms with van der Waals surface area (Å²) in [5.74, 6) is 1.67. The van der Waals surface area contributed by atoms with Crippen molar-refractivity contribution in [2.45, 2.75) is 52.4 Å². The van der Waals surface area contributed by atoms with Crippen molar-refractivity contribution in [2.75, 3.05) is 0 Å². The van der Waals surface area contributed by atoms with Gasteiger partial charge in [-0.05, 0) is 54.1 Å². The quantitative estimate of drug-likeness (QED) is 0.424. The second-order valence-corrected chi connectivity index (χ2v) is 10.1. The summed E-state index contributed by atoms with van der Waals surface area (Å²) in [6, 6.07) is 4.90. The number of nitrogens with two attached hydrogens (primary N) is 2. The second kappa shape index (κ2) is 10.6. The molecule has 1 aliphatic rings. The van der Waals surface area contributed by atoms with E-state index in [2.05, 4.69) is 50.2 Å². The van der Waals surface area contributed by atoms with E-state index < -0.39 is 0 Å². The van der Waals surface area contributed by atoms with Crippen molar-refractivity contribution >= 4 is 20.2 Å². The molecule has 7 nitrogen and oxygen atoms in total. The van der Waals surface area contributed by atoms with Crippen LogP contribution in [0.3, 0.4) is 0 Å². The largest absolute Gasteiger partial charge is 0.401 e. The van der Waals surface area contributed by atoms with Crippen molar-refractivity contribution in [3.8, 4) is 11.5 Å². The van der Waals surface area contributed by atoms with Crippen molar-refractivity contribution in [2.24, 2.45) is 23.3 Å². The fourth-order valence-corrected chi connectivity index (χ4v) is 5.00. The van der Waals surface area contributed by atoms with Gasteiger partial charge in [-0.25, -0.2) is 14.4 Å². The highest BCUT2D eigenvalue weighted by Gasteiger charge is 2.31. The van der Waals surface area contributed by atoms with E-state index in [1.807, 2.05) is 12.1 Å². The van der Waals surface area contributed by atoms with Crippen LogP contribution in [0.25, 0.3) is 17.2 Å². The predicted octanol–water partition coefficient (Wildman–Crippen LogP) is 4.22. The van der Waals surface area contributed by atoms with Gasteiger partial charge in [-0.15, -0.1) is 9.24 Å². The van der Waals surface area contributed by atoms with Gasteiger partial charge in [0.15, 0.2) is 0 Å². The van der Waals surface area contributed by atoms with E-state index in [1.165, 1.54) is 6.07 Å². The molecule has 0 radical (unpaired) electrons. The van der Waals surface area contributed by atoms with Crippen LogP contribution in [0.2, 0.25) is 0 Å². The maximum absolute atomic E-state index is 14.5. The third-order valence-corrected chi connectivity index (χ3v) is 7.11. The molecule has 0 saturated carbocycles. The van der Waals surface area contributed by atoms with E-state index in [1.54, 1.807) is 18.5 Å². The number of rotatable bonds is 7. The first-order chi connectivity index (χ1) is 16.8. The lowest BCUT2D eigenvalue weighted by Gasteiger charge is -2.33. The molecule has 3 atom stereocenters. The number of aryl methyl sites for hydroxylation is 1.